The molecule has 0 radical (unpaired) electrons. The summed E-state index contributed by atoms with van der Waals surface area (Å²) in [7, 11) is 1.66. The number of carbonyl (C=O) groups excluding carboxylic acids is 1. The minimum Gasteiger partial charge on any atom is -0.494 e. The van der Waals surface area contributed by atoms with E-state index in [1.165, 1.54) is 11.3 Å². The van der Waals surface area contributed by atoms with E-state index in [2.05, 4.69) is 10.1 Å². The maximum Gasteiger partial charge on any atom is 0.300 e. The Balaban J connectivity index is 2.06. The van der Waals surface area contributed by atoms with E-state index in [1.807, 2.05) is 55.1 Å². The molecule has 1 amide bonds. The Labute approximate surface area is 168 Å². The summed E-state index contributed by atoms with van der Waals surface area (Å²) in [5.74, 6) is 0.463. The van der Waals surface area contributed by atoms with Crippen molar-refractivity contribution in [1.29, 1.82) is 0 Å². The number of amides is 1. The molecule has 7 nitrogen and oxygen atoms in total. The van der Waals surface area contributed by atoms with Gasteiger partial charge in [-0.05, 0) is 52.0 Å². The third kappa shape index (κ3) is 4.18. The number of methoxy groups -OCH3 is 1. The number of thiazole rings is 1. The molecule has 0 atom stereocenters. The zero-order chi connectivity index (χ0) is 20.3. The molecule has 0 fully saturated rings. The van der Waals surface area contributed by atoms with E-state index in [1.54, 1.807) is 13.2 Å². The Hall–Kier alpha value is -2.45. The first-order valence-electron chi connectivity index (χ1n) is 9.35. The van der Waals surface area contributed by atoms with E-state index in [0.717, 1.165) is 21.7 Å². The molecule has 3 rings (SSSR count). The van der Waals surface area contributed by atoms with Gasteiger partial charge in [0.15, 0.2) is 10.5 Å². The number of rotatable bonds is 7. The van der Waals surface area contributed by atoms with Gasteiger partial charge in [0, 0.05) is 25.4 Å². The molecule has 0 aliphatic heterocycles. The lowest BCUT2D eigenvalue weighted by Crippen LogP contribution is -2.19. The molecule has 8 heteroatoms. The highest BCUT2D eigenvalue weighted by molar-refractivity contribution is 7.16. The lowest BCUT2D eigenvalue weighted by atomic mass is 10.3. The monoisotopic (exact) mass is 402 g/mol. The zero-order valence-electron chi connectivity index (χ0n) is 16.9. The number of aromatic nitrogens is 3. The number of nitrogens with zero attached hydrogens (tertiary/aromatic N) is 4. The Morgan fingerprint density at radius 2 is 2.11 bits per heavy atom. The minimum absolute atomic E-state index is 0.189. The second kappa shape index (κ2) is 8.70. The van der Waals surface area contributed by atoms with Crippen LogP contribution in [0.4, 0.5) is 0 Å². The average molecular weight is 403 g/mol. The first-order valence-corrected chi connectivity index (χ1v) is 10.2. The molecule has 3 aromatic rings. The molecule has 0 saturated carbocycles. The molecule has 0 unspecified atom stereocenters. The van der Waals surface area contributed by atoms with Gasteiger partial charge in [-0.2, -0.15) is 10.1 Å². The fourth-order valence-electron chi connectivity index (χ4n) is 3.05. The molecule has 2 heterocycles. The maximum absolute atomic E-state index is 12.8. The first-order chi connectivity index (χ1) is 13.4. The predicted molar refractivity (Wildman–Crippen MR) is 110 cm³/mol. The number of ether oxygens (including phenoxy) is 2. The summed E-state index contributed by atoms with van der Waals surface area (Å²) < 4.78 is 15.7. The third-order valence-corrected chi connectivity index (χ3v) is 5.35. The molecule has 0 aliphatic carbocycles. The van der Waals surface area contributed by atoms with Gasteiger partial charge in [0.1, 0.15) is 5.75 Å². The van der Waals surface area contributed by atoms with Gasteiger partial charge in [-0.25, -0.2) is 0 Å². The molecule has 0 spiro atoms. The summed E-state index contributed by atoms with van der Waals surface area (Å²) in [6, 6.07) is 7.88. The van der Waals surface area contributed by atoms with Crippen LogP contribution in [0.25, 0.3) is 10.2 Å². The number of fused-ring (bicyclic) bond motifs is 1. The summed E-state index contributed by atoms with van der Waals surface area (Å²) in [6.45, 7) is 9.70. The van der Waals surface area contributed by atoms with E-state index < -0.39 is 0 Å². The van der Waals surface area contributed by atoms with Crippen LogP contribution in [0, 0.1) is 6.92 Å². The van der Waals surface area contributed by atoms with Crippen LogP contribution >= 0.6 is 11.3 Å². The van der Waals surface area contributed by atoms with Crippen molar-refractivity contribution in [3.05, 3.63) is 40.5 Å². The zero-order valence-corrected chi connectivity index (χ0v) is 17.7. The van der Waals surface area contributed by atoms with E-state index in [9.17, 15) is 4.79 Å². The van der Waals surface area contributed by atoms with Gasteiger partial charge in [0.25, 0.3) is 5.91 Å². The highest BCUT2D eigenvalue weighted by atomic mass is 32.1. The maximum atomic E-state index is 12.8. The number of benzene rings is 1. The van der Waals surface area contributed by atoms with Crippen molar-refractivity contribution < 1.29 is 14.3 Å². The van der Waals surface area contributed by atoms with Crippen molar-refractivity contribution in [3.8, 4) is 5.75 Å². The van der Waals surface area contributed by atoms with Gasteiger partial charge in [-0.15, -0.1) is 0 Å². The summed E-state index contributed by atoms with van der Waals surface area (Å²) in [6.07, 6.45) is 0. The van der Waals surface area contributed by atoms with Gasteiger partial charge >= 0.3 is 0 Å². The molecule has 2 aromatic heterocycles. The quantitative estimate of drug-likeness (QED) is 0.606. The van der Waals surface area contributed by atoms with Crippen LogP contribution in [0.5, 0.6) is 5.75 Å². The van der Waals surface area contributed by atoms with Crippen molar-refractivity contribution in [1.82, 2.24) is 14.3 Å². The molecule has 1 aromatic carbocycles. The summed E-state index contributed by atoms with van der Waals surface area (Å²) >= 11 is 1.46. The Kier molecular flexibility index (Phi) is 6.31. The Morgan fingerprint density at radius 3 is 2.75 bits per heavy atom. The van der Waals surface area contributed by atoms with Crippen molar-refractivity contribution in [3.63, 3.8) is 0 Å². The van der Waals surface area contributed by atoms with Gasteiger partial charge < -0.3 is 14.0 Å². The van der Waals surface area contributed by atoms with E-state index in [0.29, 0.717) is 30.3 Å². The van der Waals surface area contributed by atoms with Crippen LogP contribution in [0.3, 0.4) is 0 Å². The van der Waals surface area contributed by atoms with Crippen LogP contribution in [-0.4, -0.2) is 40.6 Å². The molecule has 0 saturated heterocycles. The van der Waals surface area contributed by atoms with E-state index in [4.69, 9.17) is 9.47 Å². The van der Waals surface area contributed by atoms with Gasteiger partial charge in [-0.1, -0.05) is 11.3 Å². The lowest BCUT2D eigenvalue weighted by molar-refractivity contribution is 0.0991. The van der Waals surface area contributed by atoms with E-state index >= 15 is 0 Å². The van der Waals surface area contributed by atoms with Crippen molar-refractivity contribution in [2.75, 3.05) is 20.3 Å². The van der Waals surface area contributed by atoms with Crippen LogP contribution < -0.4 is 9.54 Å². The van der Waals surface area contributed by atoms with Crippen molar-refractivity contribution >= 4 is 27.5 Å². The SMILES string of the molecule is CCOc1ccc2c(c1)sc(=NC(=O)c1cc(C)n(C(C)C)n1)n2CCOC. The number of hydrogen-bond acceptors (Lipinski definition) is 5. The second-order valence-corrected chi connectivity index (χ2v) is 7.73. The van der Waals surface area contributed by atoms with Crippen LogP contribution in [0.2, 0.25) is 0 Å². The van der Waals surface area contributed by atoms with Crippen molar-refractivity contribution in [2.45, 2.75) is 40.3 Å². The summed E-state index contributed by atoms with van der Waals surface area (Å²) in [4.78, 5) is 17.8. The van der Waals surface area contributed by atoms with Crippen LogP contribution in [0.1, 0.15) is 43.0 Å². The lowest BCUT2D eigenvalue weighted by Gasteiger charge is -2.06. The number of carbonyl (C=O) groups is 1. The Bertz CT molecular complexity index is 1050. The molecule has 28 heavy (non-hydrogen) atoms. The third-order valence-electron chi connectivity index (χ3n) is 4.31. The van der Waals surface area contributed by atoms with Gasteiger partial charge in [0.2, 0.25) is 0 Å². The largest absolute Gasteiger partial charge is 0.494 e. The average Bonchev–Trinajstić information content (AvgIpc) is 3.20. The molecule has 0 aliphatic rings. The first kappa shape index (κ1) is 20.3. The normalized spacial score (nSPS) is 12.3. The summed E-state index contributed by atoms with van der Waals surface area (Å²) in [5.41, 5.74) is 2.30. The summed E-state index contributed by atoms with van der Waals surface area (Å²) in [5, 5.41) is 4.41. The molecule has 0 N–H and O–H groups in total. The number of hydrogen-bond donors (Lipinski definition) is 0. The van der Waals surface area contributed by atoms with Crippen LogP contribution in [-0.2, 0) is 11.3 Å². The fraction of sp³-hybridized carbons (Fsp3) is 0.450. The minimum atomic E-state index is -0.342. The van der Waals surface area contributed by atoms with Crippen LogP contribution in [0.15, 0.2) is 29.3 Å². The second-order valence-electron chi connectivity index (χ2n) is 6.72. The van der Waals surface area contributed by atoms with E-state index in [-0.39, 0.29) is 11.9 Å². The molecular formula is C20H26N4O3S. The van der Waals surface area contributed by atoms with Gasteiger partial charge in [-0.3, -0.25) is 9.48 Å². The molecular weight excluding hydrogens is 376 g/mol. The topological polar surface area (TPSA) is 70.6 Å². The fourth-order valence-corrected chi connectivity index (χ4v) is 4.14. The van der Waals surface area contributed by atoms with Crippen molar-refractivity contribution in [2.24, 2.45) is 4.99 Å². The molecule has 150 valence electrons. The predicted octanol–water partition coefficient (Wildman–Crippen LogP) is 3.57. The molecule has 0 bridgehead atoms. The van der Waals surface area contributed by atoms with Gasteiger partial charge in [0.05, 0.1) is 23.4 Å². The highest BCUT2D eigenvalue weighted by Crippen LogP contribution is 2.23. The highest BCUT2D eigenvalue weighted by Gasteiger charge is 2.15. The smallest absolute Gasteiger partial charge is 0.300 e. The Morgan fingerprint density at radius 1 is 1.32 bits per heavy atom. The standard InChI is InChI=1S/C20H26N4O3S/c1-6-27-15-7-8-17-18(12-15)28-20(23(17)9-10-26-5)21-19(25)16-11-14(4)24(22-16)13(2)3/h7-8,11-13H,6,9-10H2,1-5H3. The number of aryl methyl sites for hydroxylation is 1.